The van der Waals surface area contributed by atoms with Crippen LogP contribution in [0.3, 0.4) is 0 Å². The van der Waals surface area contributed by atoms with Gasteiger partial charge in [-0.1, -0.05) is 30.3 Å². The number of ether oxygens (including phenoxy) is 2. The quantitative estimate of drug-likeness (QED) is 0.529. The number of hydrogen-bond acceptors (Lipinski definition) is 3. The van der Waals surface area contributed by atoms with E-state index in [9.17, 15) is 0 Å². The molecule has 0 aliphatic rings. The van der Waals surface area contributed by atoms with Crippen LogP contribution in [0, 0.1) is 0 Å². The molecule has 0 fully saturated rings. The highest BCUT2D eigenvalue weighted by Crippen LogP contribution is 1.99. The van der Waals surface area contributed by atoms with Gasteiger partial charge in [-0.25, -0.2) is 0 Å². The zero-order valence-corrected chi connectivity index (χ0v) is 6.77. The Balaban J connectivity index is 2.16. The van der Waals surface area contributed by atoms with Crippen LogP contribution in [0.15, 0.2) is 30.3 Å². The van der Waals surface area contributed by atoms with Gasteiger partial charge in [-0.15, -0.1) is 0 Å². The third-order valence-corrected chi connectivity index (χ3v) is 1.37. The highest BCUT2D eigenvalue weighted by molar-refractivity contribution is 5.13. The molecule has 0 unspecified atom stereocenters. The molecule has 3 nitrogen and oxygen atoms in total. The fourth-order valence-corrected chi connectivity index (χ4v) is 0.830. The Morgan fingerprint density at radius 3 is 2.50 bits per heavy atom. The smallest absolute Gasteiger partial charge is 0.150 e. The van der Waals surface area contributed by atoms with Crippen LogP contribution in [0.2, 0.25) is 0 Å². The zero-order valence-electron chi connectivity index (χ0n) is 6.77. The lowest BCUT2D eigenvalue weighted by atomic mass is 10.2. The van der Waals surface area contributed by atoms with Crippen molar-refractivity contribution >= 4 is 0 Å². The van der Waals surface area contributed by atoms with Gasteiger partial charge < -0.3 is 14.6 Å². The second kappa shape index (κ2) is 5.71. The lowest BCUT2D eigenvalue weighted by Crippen LogP contribution is -2.00. The van der Waals surface area contributed by atoms with Crippen LogP contribution < -0.4 is 0 Å². The van der Waals surface area contributed by atoms with Crippen molar-refractivity contribution in [2.75, 3.05) is 13.6 Å². The maximum atomic E-state index is 8.26. The van der Waals surface area contributed by atoms with E-state index in [0.717, 1.165) is 5.56 Å². The molecule has 1 rings (SSSR count). The molecule has 3 heteroatoms. The number of benzene rings is 1. The Morgan fingerprint density at radius 2 is 1.83 bits per heavy atom. The van der Waals surface area contributed by atoms with E-state index in [0.29, 0.717) is 6.61 Å². The van der Waals surface area contributed by atoms with Gasteiger partial charge in [0, 0.05) is 0 Å². The minimum absolute atomic E-state index is 0.130. The van der Waals surface area contributed by atoms with E-state index in [4.69, 9.17) is 9.84 Å². The van der Waals surface area contributed by atoms with E-state index in [1.807, 2.05) is 30.3 Å². The summed E-state index contributed by atoms with van der Waals surface area (Å²) in [6.45, 7) is 0.348. The number of hydrogen-bond donors (Lipinski definition) is 1. The SMILES string of the molecule is OCOCOCc1ccccc1. The first-order valence-corrected chi connectivity index (χ1v) is 3.74. The Bertz CT molecular complexity index is 198. The molecule has 0 saturated carbocycles. The first kappa shape index (κ1) is 9.19. The summed E-state index contributed by atoms with van der Waals surface area (Å²) in [4.78, 5) is 0. The van der Waals surface area contributed by atoms with E-state index >= 15 is 0 Å². The van der Waals surface area contributed by atoms with Crippen LogP contribution in [-0.4, -0.2) is 18.7 Å². The van der Waals surface area contributed by atoms with Crippen molar-refractivity contribution in [3.8, 4) is 0 Å². The van der Waals surface area contributed by atoms with Crippen molar-refractivity contribution in [3.05, 3.63) is 35.9 Å². The van der Waals surface area contributed by atoms with Gasteiger partial charge in [0.15, 0.2) is 0 Å². The summed E-state index contributed by atoms with van der Waals surface area (Å²) in [5.74, 6) is 0. The predicted molar refractivity (Wildman–Crippen MR) is 44.3 cm³/mol. The molecule has 0 radical (unpaired) electrons. The normalized spacial score (nSPS) is 10.1. The molecule has 0 spiro atoms. The molecule has 1 aromatic rings. The average molecular weight is 168 g/mol. The molecule has 0 aromatic heterocycles. The van der Waals surface area contributed by atoms with E-state index < -0.39 is 0 Å². The van der Waals surface area contributed by atoms with Crippen LogP contribution in [-0.2, 0) is 16.1 Å². The molecule has 0 amide bonds. The third-order valence-electron chi connectivity index (χ3n) is 1.37. The molecule has 0 bridgehead atoms. The van der Waals surface area contributed by atoms with Crippen LogP contribution >= 0.6 is 0 Å². The first-order valence-electron chi connectivity index (χ1n) is 3.74. The van der Waals surface area contributed by atoms with E-state index in [1.54, 1.807) is 0 Å². The van der Waals surface area contributed by atoms with Crippen molar-refractivity contribution in [1.82, 2.24) is 0 Å². The van der Waals surface area contributed by atoms with Crippen molar-refractivity contribution < 1.29 is 14.6 Å². The van der Waals surface area contributed by atoms with Gasteiger partial charge in [0.1, 0.15) is 13.6 Å². The van der Waals surface area contributed by atoms with E-state index in [2.05, 4.69) is 4.74 Å². The Hall–Kier alpha value is -0.900. The fourth-order valence-electron chi connectivity index (χ4n) is 0.830. The summed E-state index contributed by atoms with van der Waals surface area (Å²) in [6.07, 6.45) is 0. The highest BCUT2D eigenvalue weighted by Gasteiger charge is 1.89. The molecule has 0 aliphatic heterocycles. The summed E-state index contributed by atoms with van der Waals surface area (Å²) in [6, 6.07) is 9.79. The van der Waals surface area contributed by atoms with Crippen molar-refractivity contribution in [2.24, 2.45) is 0 Å². The standard InChI is InChI=1S/C9H12O3/c10-7-12-8-11-6-9-4-2-1-3-5-9/h1-5,10H,6-8H2. The molecule has 0 atom stereocenters. The van der Waals surface area contributed by atoms with Gasteiger partial charge >= 0.3 is 0 Å². The first-order chi connectivity index (χ1) is 5.93. The van der Waals surface area contributed by atoms with Gasteiger partial charge in [-0.05, 0) is 5.56 Å². The molecule has 1 aromatic carbocycles. The maximum absolute atomic E-state index is 8.26. The molecule has 0 aliphatic carbocycles. The summed E-state index contributed by atoms with van der Waals surface area (Å²) in [5, 5.41) is 8.26. The average Bonchev–Trinajstić information content (AvgIpc) is 2.14. The minimum atomic E-state index is -0.297. The van der Waals surface area contributed by atoms with Gasteiger partial charge in [0.25, 0.3) is 0 Å². The van der Waals surface area contributed by atoms with Gasteiger partial charge in [-0.2, -0.15) is 0 Å². The zero-order chi connectivity index (χ0) is 8.65. The van der Waals surface area contributed by atoms with Crippen molar-refractivity contribution in [3.63, 3.8) is 0 Å². The molecule has 12 heavy (non-hydrogen) atoms. The number of rotatable bonds is 5. The van der Waals surface area contributed by atoms with Crippen molar-refractivity contribution in [1.29, 1.82) is 0 Å². The summed E-state index contributed by atoms with van der Waals surface area (Å²) >= 11 is 0. The minimum Gasteiger partial charge on any atom is -0.371 e. The van der Waals surface area contributed by atoms with Gasteiger partial charge in [0.2, 0.25) is 0 Å². The predicted octanol–water partition coefficient (Wildman–Crippen LogP) is 1.13. The molecular weight excluding hydrogens is 156 g/mol. The lowest BCUT2D eigenvalue weighted by Gasteiger charge is -2.02. The molecule has 0 saturated heterocycles. The second-order valence-corrected chi connectivity index (χ2v) is 2.29. The van der Waals surface area contributed by atoms with Gasteiger partial charge in [-0.3, -0.25) is 0 Å². The van der Waals surface area contributed by atoms with Crippen LogP contribution in [0.1, 0.15) is 5.56 Å². The second-order valence-electron chi connectivity index (χ2n) is 2.29. The van der Waals surface area contributed by atoms with E-state index in [1.165, 1.54) is 0 Å². The van der Waals surface area contributed by atoms with Crippen LogP contribution in [0.5, 0.6) is 0 Å². The Morgan fingerprint density at radius 1 is 1.08 bits per heavy atom. The van der Waals surface area contributed by atoms with E-state index in [-0.39, 0.29) is 13.6 Å². The molecule has 0 heterocycles. The lowest BCUT2D eigenvalue weighted by molar-refractivity contribution is -0.113. The molecule has 66 valence electrons. The van der Waals surface area contributed by atoms with Crippen LogP contribution in [0.25, 0.3) is 0 Å². The highest BCUT2D eigenvalue weighted by atomic mass is 16.7. The number of aliphatic hydroxyl groups excluding tert-OH is 1. The topological polar surface area (TPSA) is 38.7 Å². The Kier molecular flexibility index (Phi) is 4.37. The third kappa shape index (κ3) is 3.48. The maximum Gasteiger partial charge on any atom is 0.150 e. The molecular formula is C9H12O3. The summed E-state index contributed by atoms with van der Waals surface area (Å²) in [7, 11) is 0. The van der Waals surface area contributed by atoms with Crippen LogP contribution in [0.4, 0.5) is 0 Å². The molecule has 1 N–H and O–H groups in total. The number of aliphatic hydroxyl groups is 1. The summed E-state index contributed by atoms with van der Waals surface area (Å²) in [5.41, 5.74) is 1.10. The Labute approximate surface area is 71.5 Å². The fraction of sp³-hybridized carbons (Fsp3) is 0.333. The monoisotopic (exact) mass is 168 g/mol. The van der Waals surface area contributed by atoms with Crippen molar-refractivity contribution in [2.45, 2.75) is 6.61 Å². The largest absolute Gasteiger partial charge is 0.371 e. The van der Waals surface area contributed by atoms with Gasteiger partial charge in [0.05, 0.1) is 6.61 Å². The summed E-state index contributed by atoms with van der Waals surface area (Å²) < 4.78 is 9.67.